The van der Waals surface area contributed by atoms with Gasteiger partial charge in [-0.2, -0.15) is 0 Å². The van der Waals surface area contributed by atoms with Gasteiger partial charge < -0.3 is 49.7 Å². The van der Waals surface area contributed by atoms with Crippen LogP contribution in [-0.2, 0) is 24.0 Å². The minimum atomic E-state index is -1.15. The Morgan fingerprint density at radius 2 is 1.87 bits per heavy atom. The lowest BCUT2D eigenvalue weighted by molar-refractivity contribution is -0.141. The number of aliphatic hydroxyl groups excluding tert-OH is 2. The number of aliphatic hydroxyl groups is 2. The summed E-state index contributed by atoms with van der Waals surface area (Å²) >= 11 is 0. The number of H-pyrrole nitrogens is 1. The lowest BCUT2D eigenvalue weighted by Crippen LogP contribution is -2.62. The molecular formula is C49H52N4O8. The number of benzene rings is 4. The van der Waals surface area contributed by atoms with Crippen molar-refractivity contribution in [1.29, 1.82) is 0 Å². The molecule has 61 heavy (non-hydrogen) atoms. The number of phenolic OH excluding ortho intramolecular Hbond substituents is 2. The lowest BCUT2D eigenvalue weighted by Gasteiger charge is -2.50. The number of allylic oxidation sites excluding steroid dienone is 1. The van der Waals surface area contributed by atoms with Crippen molar-refractivity contribution in [2.75, 3.05) is 40.2 Å². The first-order valence-corrected chi connectivity index (χ1v) is 21.4. The van der Waals surface area contributed by atoms with Gasteiger partial charge in [0.15, 0.2) is 17.6 Å². The Hall–Kier alpha value is -5.52. The normalized spacial score (nSPS) is 24.8. The molecule has 5 aromatic rings. The summed E-state index contributed by atoms with van der Waals surface area (Å²) in [6, 6.07) is 17.2. The fraction of sp³-hybridized carbons (Fsp3) is 0.388. The Balaban J connectivity index is 1.21. The first-order chi connectivity index (χ1) is 29.8. The molecular weight excluding hydrogens is 773 g/mol. The average Bonchev–Trinajstić information content (AvgIpc) is 3.75. The monoisotopic (exact) mass is 824 g/mol. The van der Waals surface area contributed by atoms with Gasteiger partial charge in [0.1, 0.15) is 35.0 Å². The Labute approximate surface area is 354 Å². The van der Waals surface area contributed by atoms with Gasteiger partial charge in [-0.1, -0.05) is 42.2 Å². The van der Waals surface area contributed by atoms with Crippen molar-refractivity contribution in [3.63, 3.8) is 0 Å². The third kappa shape index (κ3) is 6.81. The topological polar surface area (TPSA) is 170 Å². The summed E-state index contributed by atoms with van der Waals surface area (Å²) < 4.78 is 27.5. The molecule has 4 heterocycles. The zero-order valence-electron chi connectivity index (χ0n) is 34.4. The maximum absolute atomic E-state index is 11.4. The smallest absolute Gasteiger partial charge is 0.161 e. The summed E-state index contributed by atoms with van der Waals surface area (Å²) in [4.78, 5) is 3.33. The van der Waals surface area contributed by atoms with Crippen LogP contribution in [0, 0.1) is 11.8 Å². The number of fused-ring (bicyclic) bond motifs is 12. The molecule has 0 spiro atoms. The van der Waals surface area contributed by atoms with Crippen LogP contribution in [0.5, 0.6) is 28.7 Å². The quantitative estimate of drug-likeness (QED) is 0.0497. The van der Waals surface area contributed by atoms with Gasteiger partial charge in [-0.05, 0) is 109 Å². The molecule has 0 saturated heterocycles. The van der Waals surface area contributed by atoms with Crippen LogP contribution in [0.2, 0.25) is 0 Å². The number of nitrogens with one attached hydrogen (secondary N) is 4. The van der Waals surface area contributed by atoms with Crippen molar-refractivity contribution in [1.82, 2.24) is 20.9 Å². The molecule has 0 radical (unpaired) electrons. The van der Waals surface area contributed by atoms with Crippen molar-refractivity contribution < 1.29 is 39.4 Å². The van der Waals surface area contributed by atoms with Crippen LogP contribution in [0.4, 0.5) is 0 Å². The van der Waals surface area contributed by atoms with Crippen LogP contribution in [0.15, 0.2) is 66.9 Å². The van der Waals surface area contributed by atoms with E-state index < -0.39 is 30.0 Å². The number of aromatic nitrogens is 1. The zero-order valence-corrected chi connectivity index (χ0v) is 34.4. The summed E-state index contributed by atoms with van der Waals surface area (Å²) in [6.07, 6.45) is 7.23. The van der Waals surface area contributed by atoms with E-state index in [2.05, 4.69) is 69.2 Å². The number of rotatable bonds is 10. The van der Waals surface area contributed by atoms with Crippen molar-refractivity contribution in [3.8, 4) is 51.7 Å². The molecule has 12 heteroatoms. The second-order valence-corrected chi connectivity index (χ2v) is 16.9. The number of ether oxygens (including phenoxy) is 4. The highest BCUT2D eigenvalue weighted by molar-refractivity contribution is 5.89. The van der Waals surface area contributed by atoms with E-state index in [0.29, 0.717) is 56.8 Å². The molecule has 8 N–H and O–H groups in total. The van der Waals surface area contributed by atoms with Crippen LogP contribution in [-0.4, -0.2) is 89.5 Å². The predicted octanol–water partition coefficient (Wildman–Crippen LogP) is 5.66. The maximum atomic E-state index is 11.4. The van der Waals surface area contributed by atoms with E-state index in [1.807, 2.05) is 31.4 Å². The maximum Gasteiger partial charge on any atom is 0.161 e. The van der Waals surface area contributed by atoms with Gasteiger partial charge in [0.25, 0.3) is 0 Å². The first kappa shape index (κ1) is 39.6. The molecule has 316 valence electrons. The van der Waals surface area contributed by atoms with E-state index >= 15 is 0 Å². The van der Waals surface area contributed by atoms with E-state index in [1.54, 1.807) is 19.1 Å². The fourth-order valence-corrected chi connectivity index (χ4v) is 10.3. The Bertz CT molecular complexity index is 2590. The molecule has 2 aliphatic carbocycles. The molecule has 12 nitrogen and oxygen atoms in total. The largest absolute Gasteiger partial charge is 0.507 e. The number of hydrogen-bond donors (Lipinski definition) is 8. The lowest BCUT2D eigenvalue weighted by atomic mass is 9.64. The minimum absolute atomic E-state index is 0.00172. The van der Waals surface area contributed by atoms with Gasteiger partial charge in [-0.15, -0.1) is 0 Å². The van der Waals surface area contributed by atoms with Crippen LogP contribution in [0.1, 0.15) is 76.6 Å². The molecule has 0 amide bonds. The fourth-order valence-electron chi connectivity index (χ4n) is 10.3. The molecule has 5 aliphatic rings. The highest BCUT2D eigenvalue weighted by Crippen LogP contribution is 2.61. The summed E-state index contributed by atoms with van der Waals surface area (Å²) in [5.74, 6) is 8.88. The third-order valence-corrected chi connectivity index (χ3v) is 13.1. The van der Waals surface area contributed by atoms with Gasteiger partial charge >= 0.3 is 0 Å². The molecule has 3 aliphatic heterocycles. The first-order valence-electron chi connectivity index (χ1n) is 21.4. The molecule has 0 saturated carbocycles. The van der Waals surface area contributed by atoms with E-state index in [1.165, 1.54) is 5.56 Å². The van der Waals surface area contributed by atoms with E-state index in [0.717, 1.165) is 61.2 Å². The molecule has 4 aromatic carbocycles. The highest BCUT2D eigenvalue weighted by atomic mass is 16.6. The standard InChI is InChI=1S/C49H52N4O8/c1-27(55)23-51-25-53-43-5-3-4-18-58-42-20-30(7-14-41(42)57)48-49(43,59-26-50-2)22-38-37-21-36-32(28-6-13-39-29(19-28)16-17-52-39)10-11-33-40(56)15-12-34(44(33)36)45(37)47-35(46(38)61-48)9-8-31(24-54)60-47/h6-7,10-17,19-20,27,31-32,36,43,48,50-57H,4,8-9,18,21-26H2,1-2H3. The minimum Gasteiger partial charge on any atom is -0.507 e. The Kier molecular flexibility index (Phi) is 10.4. The van der Waals surface area contributed by atoms with E-state index in [9.17, 15) is 20.4 Å². The van der Waals surface area contributed by atoms with Crippen LogP contribution >= 0.6 is 0 Å². The average molecular weight is 825 g/mol. The second-order valence-electron chi connectivity index (χ2n) is 16.9. The van der Waals surface area contributed by atoms with Crippen molar-refractivity contribution in [3.05, 3.63) is 106 Å². The van der Waals surface area contributed by atoms with Gasteiger partial charge in [0, 0.05) is 65.9 Å². The van der Waals surface area contributed by atoms with E-state index in [4.69, 9.17) is 18.9 Å². The summed E-state index contributed by atoms with van der Waals surface area (Å²) in [7, 11) is 1.85. The Morgan fingerprint density at radius 1 is 1.00 bits per heavy atom. The second kappa shape index (κ2) is 16.1. The van der Waals surface area contributed by atoms with Crippen molar-refractivity contribution in [2.45, 2.75) is 80.8 Å². The van der Waals surface area contributed by atoms with Crippen LogP contribution < -0.4 is 30.2 Å². The summed E-state index contributed by atoms with van der Waals surface area (Å²) in [5, 5.41) is 54.3. The summed E-state index contributed by atoms with van der Waals surface area (Å²) in [5.41, 5.74) is 8.75. The zero-order chi connectivity index (χ0) is 41.8. The van der Waals surface area contributed by atoms with Gasteiger partial charge in [0.05, 0.1) is 26.0 Å². The molecule has 2 bridgehead atoms. The molecule has 10 rings (SSSR count). The van der Waals surface area contributed by atoms with Crippen LogP contribution in [0.3, 0.4) is 0 Å². The molecule has 7 atom stereocenters. The van der Waals surface area contributed by atoms with Gasteiger partial charge in [0.2, 0.25) is 0 Å². The predicted molar refractivity (Wildman–Crippen MR) is 232 cm³/mol. The van der Waals surface area contributed by atoms with Crippen molar-refractivity contribution in [2.24, 2.45) is 0 Å². The van der Waals surface area contributed by atoms with Crippen molar-refractivity contribution >= 4 is 17.0 Å². The molecule has 1 aromatic heterocycles. The molecule has 7 unspecified atom stereocenters. The number of aromatic amines is 1. The highest BCUT2D eigenvalue weighted by Gasteiger charge is 2.55. The third-order valence-electron chi connectivity index (χ3n) is 13.1. The Morgan fingerprint density at radius 3 is 2.72 bits per heavy atom. The van der Waals surface area contributed by atoms with E-state index in [-0.39, 0.29) is 43.3 Å². The SMILES string of the molecule is CNCOC12Cc3c4c(c5c(c3OC1c1ccc(O)c(c1)OCCC#CC2NCNCC(C)O)CCC(CO)O5)-c1ccc(O)c2c1C(C4)C(c1ccc3[nH]ccc3c1)C=C2. The van der Waals surface area contributed by atoms with Gasteiger partial charge in [-0.3, -0.25) is 10.6 Å². The number of hydrogen-bond acceptors (Lipinski definition) is 11. The van der Waals surface area contributed by atoms with Crippen LogP contribution in [0.25, 0.3) is 28.1 Å². The molecule has 0 fully saturated rings. The number of aromatic hydroxyl groups is 2. The summed E-state index contributed by atoms with van der Waals surface area (Å²) in [6.45, 7) is 2.81. The number of phenols is 2. The van der Waals surface area contributed by atoms with Gasteiger partial charge in [-0.25, -0.2) is 0 Å².